The Morgan fingerprint density at radius 1 is 0.725 bits per heavy atom. The number of imidazole rings is 1. The van der Waals surface area contributed by atoms with Crippen LogP contribution in [-0.2, 0) is 25.2 Å². The molecule has 0 bridgehead atoms. The van der Waals surface area contributed by atoms with E-state index in [-0.39, 0.29) is 24.4 Å². The first kappa shape index (κ1) is 37.4. The molecule has 2 aromatic heterocycles. The van der Waals surface area contributed by atoms with Crippen LogP contribution in [0.5, 0.6) is 0 Å². The molecule has 0 aliphatic carbocycles. The van der Waals surface area contributed by atoms with Gasteiger partial charge in [-0.3, -0.25) is 9.55 Å². The van der Waals surface area contributed by atoms with E-state index in [0.29, 0.717) is 46.9 Å². The second-order valence-corrected chi connectivity index (χ2v) is 12.0. The van der Waals surface area contributed by atoms with Gasteiger partial charge < -0.3 is 21.3 Å². The molecule has 266 valence electrons. The molecular weight excluding hydrogens is 719 g/mol. The second kappa shape index (κ2) is 15.6. The lowest BCUT2D eigenvalue weighted by Crippen LogP contribution is -2.08. The molecule has 15 heteroatoms. The molecule has 2 heterocycles. The number of nitrogens with one attached hydrogen (secondary N) is 1. The van der Waals surface area contributed by atoms with Crippen LogP contribution < -0.4 is 11.1 Å². The first-order chi connectivity index (χ1) is 24.2. The van der Waals surface area contributed by atoms with E-state index in [1.807, 2.05) is 24.3 Å². The summed E-state index contributed by atoms with van der Waals surface area (Å²) < 4.78 is 79.8. The number of pyridine rings is 1. The molecular formula is C36H29Cl2F6N5O2. The van der Waals surface area contributed by atoms with Crippen molar-refractivity contribution < 1.29 is 36.6 Å². The lowest BCUT2D eigenvalue weighted by atomic mass is 10.1. The maximum Gasteiger partial charge on any atom is 0.417 e. The van der Waals surface area contributed by atoms with E-state index in [1.54, 1.807) is 53.2 Å². The third-order valence-electron chi connectivity index (χ3n) is 7.62. The molecule has 0 fully saturated rings. The highest BCUT2D eigenvalue weighted by Gasteiger charge is 2.35. The summed E-state index contributed by atoms with van der Waals surface area (Å²) in [5.74, 6) is 0.408. The fraction of sp³-hybridized carbons (Fsp3) is 0.167. The number of halogens is 8. The van der Waals surface area contributed by atoms with Crippen molar-refractivity contribution in [2.75, 3.05) is 24.3 Å². The number of benzene rings is 4. The Hall–Kier alpha value is -4.82. The number of aliphatic hydroxyl groups is 2. The van der Waals surface area contributed by atoms with E-state index < -0.39 is 33.5 Å². The number of hydrogen-bond donors (Lipinski definition) is 4. The van der Waals surface area contributed by atoms with Crippen LogP contribution in [0.15, 0.2) is 97.2 Å². The van der Waals surface area contributed by atoms with E-state index in [1.165, 1.54) is 6.07 Å². The third kappa shape index (κ3) is 8.92. The van der Waals surface area contributed by atoms with Gasteiger partial charge in [0.1, 0.15) is 5.69 Å². The van der Waals surface area contributed by atoms with Crippen molar-refractivity contribution in [3.63, 3.8) is 0 Å². The summed E-state index contributed by atoms with van der Waals surface area (Å²) in [6.07, 6.45) is -6.48. The molecule has 6 aromatic rings. The maximum atomic E-state index is 13.3. The number of nitrogens with zero attached hydrogens (tertiary/aromatic N) is 3. The highest BCUT2D eigenvalue weighted by molar-refractivity contribution is 6.32. The van der Waals surface area contributed by atoms with Gasteiger partial charge in [0, 0.05) is 30.8 Å². The predicted octanol–water partition coefficient (Wildman–Crippen LogP) is 9.51. The Bertz CT molecular complexity index is 2110. The van der Waals surface area contributed by atoms with Crippen molar-refractivity contribution in [2.45, 2.75) is 25.2 Å². The quantitative estimate of drug-likeness (QED) is 0.0913. The maximum absolute atomic E-state index is 13.3. The van der Waals surface area contributed by atoms with Crippen LogP contribution in [0.3, 0.4) is 0 Å². The first-order valence-corrected chi connectivity index (χ1v) is 16.0. The SMILES string of the molecule is Nc1cc(C(F)(F)F)c(Cl)cc1Nc1ccc(CCO)cc1.OCCc1ccc(-n2c(-c3ccccn3)nc3cc(C(F)(F)F)c(Cl)cc32)cc1. The van der Waals surface area contributed by atoms with Crippen molar-refractivity contribution in [1.82, 2.24) is 14.5 Å². The van der Waals surface area contributed by atoms with Gasteiger partial charge in [-0.1, -0.05) is 53.5 Å². The molecule has 5 N–H and O–H groups in total. The topological polar surface area (TPSA) is 109 Å². The van der Waals surface area contributed by atoms with Crippen LogP contribution in [0.4, 0.5) is 43.4 Å². The molecule has 0 radical (unpaired) electrons. The molecule has 0 atom stereocenters. The van der Waals surface area contributed by atoms with E-state index in [4.69, 9.17) is 39.1 Å². The summed E-state index contributed by atoms with van der Waals surface area (Å²) in [4.78, 5) is 8.73. The monoisotopic (exact) mass is 747 g/mol. The van der Waals surface area contributed by atoms with Gasteiger partial charge in [0.25, 0.3) is 0 Å². The zero-order valence-electron chi connectivity index (χ0n) is 26.4. The van der Waals surface area contributed by atoms with Crippen LogP contribution in [0.2, 0.25) is 10.0 Å². The molecule has 6 rings (SSSR count). The molecule has 4 aromatic carbocycles. The average Bonchev–Trinajstić information content (AvgIpc) is 3.45. The van der Waals surface area contributed by atoms with E-state index in [9.17, 15) is 26.3 Å². The summed E-state index contributed by atoms with van der Waals surface area (Å²) in [6, 6.07) is 23.9. The standard InChI is InChI=1S/C21H15ClF3N3O.C15H14ClF3N2O/c22-16-12-19-18(11-15(16)21(23,24)25)27-20(17-3-1-2-9-26-17)28(19)14-6-4-13(5-7-14)8-10-29;16-12-8-14(13(20)7-11(12)15(17,18)19)21-10-3-1-9(2-4-10)5-6-22/h1-7,9,11-12,29H,8,10H2;1-4,7-8,21-22H,5-6,20H2. The Morgan fingerprint density at radius 2 is 1.29 bits per heavy atom. The minimum atomic E-state index is -4.58. The van der Waals surface area contributed by atoms with Gasteiger partial charge in [-0.15, -0.1) is 0 Å². The van der Waals surface area contributed by atoms with Crippen LogP contribution in [0, 0.1) is 0 Å². The largest absolute Gasteiger partial charge is 0.417 e. The Kier molecular flexibility index (Phi) is 11.5. The van der Waals surface area contributed by atoms with Crippen molar-refractivity contribution in [3.8, 4) is 17.2 Å². The molecule has 0 spiro atoms. The summed E-state index contributed by atoms with van der Waals surface area (Å²) in [6.45, 7) is 0.0800. The highest BCUT2D eigenvalue weighted by atomic mass is 35.5. The van der Waals surface area contributed by atoms with E-state index in [0.717, 1.165) is 29.3 Å². The van der Waals surface area contributed by atoms with Gasteiger partial charge in [0.2, 0.25) is 0 Å². The van der Waals surface area contributed by atoms with Crippen LogP contribution in [0.25, 0.3) is 28.2 Å². The van der Waals surface area contributed by atoms with Gasteiger partial charge in [-0.05, 0) is 84.6 Å². The molecule has 51 heavy (non-hydrogen) atoms. The number of aromatic nitrogens is 3. The van der Waals surface area contributed by atoms with Crippen molar-refractivity contribution >= 4 is 51.3 Å². The minimum absolute atomic E-state index is 0.0301. The number of fused-ring (bicyclic) bond motifs is 1. The number of hydrogen-bond acceptors (Lipinski definition) is 6. The van der Waals surface area contributed by atoms with Gasteiger partial charge in [0.05, 0.1) is 43.6 Å². The van der Waals surface area contributed by atoms with Gasteiger partial charge in [-0.25, -0.2) is 4.98 Å². The summed E-state index contributed by atoms with van der Waals surface area (Å²) in [5.41, 5.74) is 8.40. The lowest BCUT2D eigenvalue weighted by molar-refractivity contribution is -0.138. The zero-order chi connectivity index (χ0) is 36.9. The smallest absolute Gasteiger partial charge is 0.397 e. The highest BCUT2D eigenvalue weighted by Crippen LogP contribution is 2.40. The van der Waals surface area contributed by atoms with Crippen molar-refractivity contribution in [2.24, 2.45) is 0 Å². The molecule has 0 saturated carbocycles. The van der Waals surface area contributed by atoms with Gasteiger partial charge >= 0.3 is 12.4 Å². The average molecular weight is 749 g/mol. The van der Waals surface area contributed by atoms with E-state index in [2.05, 4.69) is 15.3 Å². The van der Waals surface area contributed by atoms with Gasteiger partial charge in [-0.2, -0.15) is 26.3 Å². The van der Waals surface area contributed by atoms with Crippen molar-refractivity contribution in [1.29, 1.82) is 0 Å². The molecule has 0 amide bonds. The van der Waals surface area contributed by atoms with E-state index >= 15 is 0 Å². The van der Waals surface area contributed by atoms with Crippen molar-refractivity contribution in [3.05, 3.63) is 129 Å². The number of rotatable bonds is 8. The zero-order valence-corrected chi connectivity index (χ0v) is 27.9. The fourth-order valence-corrected chi connectivity index (χ4v) is 5.68. The Morgan fingerprint density at radius 3 is 1.84 bits per heavy atom. The first-order valence-electron chi connectivity index (χ1n) is 15.2. The summed E-state index contributed by atoms with van der Waals surface area (Å²) in [5, 5.41) is 20.1. The Balaban J connectivity index is 0.000000206. The number of alkyl halides is 6. The molecule has 0 aliphatic rings. The predicted molar refractivity (Wildman–Crippen MR) is 186 cm³/mol. The third-order valence-corrected chi connectivity index (χ3v) is 8.24. The summed E-state index contributed by atoms with van der Waals surface area (Å²) >= 11 is 11.6. The van der Waals surface area contributed by atoms with Crippen LogP contribution >= 0.6 is 23.2 Å². The second-order valence-electron chi connectivity index (χ2n) is 11.2. The normalized spacial score (nSPS) is 11.7. The molecule has 0 unspecified atom stereocenters. The molecule has 0 aliphatic heterocycles. The number of nitrogen functional groups attached to an aromatic ring is 1. The van der Waals surface area contributed by atoms with Crippen LogP contribution in [-0.4, -0.2) is 38.0 Å². The summed E-state index contributed by atoms with van der Waals surface area (Å²) in [7, 11) is 0. The van der Waals surface area contributed by atoms with Crippen LogP contribution in [0.1, 0.15) is 22.3 Å². The lowest BCUT2D eigenvalue weighted by Gasteiger charge is -2.14. The number of anilines is 3. The minimum Gasteiger partial charge on any atom is -0.397 e. The molecule has 0 saturated heterocycles. The Labute approximate surface area is 297 Å². The fourth-order valence-electron chi connectivity index (χ4n) is 5.14. The number of aliphatic hydroxyl groups excluding tert-OH is 2. The number of nitrogens with two attached hydrogens (primary N) is 1. The van der Waals surface area contributed by atoms with Gasteiger partial charge in [0.15, 0.2) is 5.82 Å². The molecule has 7 nitrogen and oxygen atoms in total.